The highest BCUT2D eigenvalue weighted by atomic mass is 13.9. The predicted octanol–water partition coefficient (Wildman–Crippen LogP) is 3.90. The van der Waals surface area contributed by atoms with Crippen LogP contribution in [-0.2, 0) is 0 Å². The largest absolute Gasteiger partial charge is 0.0856 e. The molecule has 0 heterocycles. The van der Waals surface area contributed by atoms with Gasteiger partial charge in [-0.25, -0.2) is 0 Å². The molecule has 0 atom stereocenters. The first-order valence-electron chi connectivity index (χ1n) is 4.25. The molecular weight excluding hydrogens is 132 g/mol. The highest BCUT2D eigenvalue weighted by molar-refractivity contribution is 5.01. The maximum absolute atomic E-state index is 3.82. The monoisotopic (exact) mass is 151 g/mol. The summed E-state index contributed by atoms with van der Waals surface area (Å²) in [4.78, 5) is 0. The standard InChI is InChI=1S/C11H19/c1-5-11(4)9-7-6-8-10(2)3/h8-9H,1,5-7H2,2-4H3/b11-9+. The second kappa shape index (κ2) is 6.21. The maximum atomic E-state index is 3.82. The zero-order valence-corrected chi connectivity index (χ0v) is 7.98. The van der Waals surface area contributed by atoms with Gasteiger partial charge in [0.25, 0.3) is 0 Å². The minimum Gasteiger partial charge on any atom is -0.0856 e. The summed E-state index contributed by atoms with van der Waals surface area (Å²) in [5.41, 5.74) is 2.80. The van der Waals surface area contributed by atoms with Crippen molar-refractivity contribution in [2.45, 2.75) is 40.0 Å². The van der Waals surface area contributed by atoms with Gasteiger partial charge in [0.2, 0.25) is 0 Å². The average molecular weight is 151 g/mol. The van der Waals surface area contributed by atoms with Gasteiger partial charge in [-0.1, -0.05) is 23.3 Å². The molecule has 0 saturated heterocycles. The molecular formula is C11H19. The molecule has 0 rings (SSSR count). The maximum Gasteiger partial charge on any atom is -0.0313 e. The molecule has 1 radical (unpaired) electrons. The molecule has 0 bridgehead atoms. The van der Waals surface area contributed by atoms with Gasteiger partial charge in [0.1, 0.15) is 0 Å². The molecule has 0 saturated carbocycles. The second-order valence-electron chi connectivity index (χ2n) is 3.16. The van der Waals surface area contributed by atoms with Gasteiger partial charge in [0, 0.05) is 0 Å². The first-order chi connectivity index (χ1) is 5.16. The quantitative estimate of drug-likeness (QED) is 0.422. The SMILES string of the molecule is [CH2]C/C(C)=C/CCC=C(C)C. The first kappa shape index (κ1) is 10.5. The van der Waals surface area contributed by atoms with E-state index in [9.17, 15) is 0 Å². The van der Waals surface area contributed by atoms with E-state index in [1.54, 1.807) is 0 Å². The van der Waals surface area contributed by atoms with Crippen molar-refractivity contribution in [3.05, 3.63) is 30.2 Å². The van der Waals surface area contributed by atoms with E-state index in [-0.39, 0.29) is 0 Å². The third kappa shape index (κ3) is 7.38. The second-order valence-corrected chi connectivity index (χ2v) is 3.16. The lowest BCUT2D eigenvalue weighted by Gasteiger charge is -1.93. The minimum absolute atomic E-state index is 0.939. The summed E-state index contributed by atoms with van der Waals surface area (Å²) in [6, 6.07) is 0. The van der Waals surface area contributed by atoms with Crippen LogP contribution in [0.5, 0.6) is 0 Å². The fraction of sp³-hybridized carbons (Fsp3) is 0.545. The van der Waals surface area contributed by atoms with Crippen LogP contribution >= 0.6 is 0 Å². The summed E-state index contributed by atoms with van der Waals surface area (Å²) in [5.74, 6) is 0. The first-order valence-corrected chi connectivity index (χ1v) is 4.25. The molecule has 0 nitrogen and oxygen atoms in total. The van der Waals surface area contributed by atoms with E-state index >= 15 is 0 Å². The van der Waals surface area contributed by atoms with E-state index in [1.807, 2.05) is 0 Å². The third-order valence-electron chi connectivity index (χ3n) is 1.61. The molecule has 0 aliphatic heterocycles. The van der Waals surface area contributed by atoms with Crippen molar-refractivity contribution in [2.75, 3.05) is 0 Å². The fourth-order valence-electron chi connectivity index (χ4n) is 0.804. The molecule has 0 aromatic rings. The smallest absolute Gasteiger partial charge is 0.0313 e. The Bertz CT molecular complexity index is 145. The molecule has 0 aliphatic carbocycles. The normalized spacial score (nSPS) is 11.5. The summed E-state index contributed by atoms with van der Waals surface area (Å²) < 4.78 is 0. The molecule has 0 aromatic heterocycles. The summed E-state index contributed by atoms with van der Waals surface area (Å²) in [7, 11) is 0. The van der Waals surface area contributed by atoms with Crippen LogP contribution < -0.4 is 0 Å². The van der Waals surface area contributed by atoms with E-state index < -0.39 is 0 Å². The van der Waals surface area contributed by atoms with E-state index in [0.717, 1.165) is 12.8 Å². The van der Waals surface area contributed by atoms with E-state index in [0.29, 0.717) is 0 Å². The number of rotatable bonds is 4. The van der Waals surface area contributed by atoms with Gasteiger partial charge in [0.15, 0.2) is 0 Å². The lowest BCUT2D eigenvalue weighted by molar-refractivity contribution is 1.01. The van der Waals surface area contributed by atoms with Crippen LogP contribution in [0.2, 0.25) is 0 Å². The lowest BCUT2D eigenvalue weighted by Crippen LogP contribution is -1.73. The van der Waals surface area contributed by atoms with Gasteiger partial charge in [-0.3, -0.25) is 0 Å². The van der Waals surface area contributed by atoms with Crippen LogP contribution in [0, 0.1) is 6.92 Å². The van der Waals surface area contributed by atoms with Crippen molar-refractivity contribution >= 4 is 0 Å². The predicted molar refractivity (Wildman–Crippen MR) is 52.4 cm³/mol. The van der Waals surface area contributed by atoms with Crippen LogP contribution in [0.4, 0.5) is 0 Å². The van der Waals surface area contributed by atoms with Crippen molar-refractivity contribution in [1.82, 2.24) is 0 Å². The Morgan fingerprint density at radius 1 is 1.09 bits per heavy atom. The lowest BCUT2D eigenvalue weighted by atomic mass is 10.1. The van der Waals surface area contributed by atoms with E-state index in [4.69, 9.17) is 0 Å². The minimum atomic E-state index is 0.939. The van der Waals surface area contributed by atoms with Gasteiger partial charge in [-0.15, -0.1) is 0 Å². The van der Waals surface area contributed by atoms with Crippen molar-refractivity contribution in [3.63, 3.8) is 0 Å². The molecule has 0 amide bonds. The zero-order chi connectivity index (χ0) is 8.69. The Kier molecular flexibility index (Phi) is 5.91. The Hall–Kier alpha value is -0.520. The van der Waals surface area contributed by atoms with Crippen molar-refractivity contribution < 1.29 is 0 Å². The summed E-state index contributed by atoms with van der Waals surface area (Å²) >= 11 is 0. The molecule has 0 aromatic carbocycles. The van der Waals surface area contributed by atoms with E-state index in [2.05, 4.69) is 39.8 Å². The summed E-state index contributed by atoms with van der Waals surface area (Å²) in [6.07, 6.45) is 7.81. The van der Waals surface area contributed by atoms with Crippen LogP contribution in [0.15, 0.2) is 23.3 Å². The molecule has 0 N–H and O–H groups in total. The Morgan fingerprint density at radius 2 is 1.64 bits per heavy atom. The van der Waals surface area contributed by atoms with Gasteiger partial charge < -0.3 is 0 Å². The summed E-state index contributed by atoms with van der Waals surface area (Å²) in [5, 5.41) is 0. The Labute approximate surface area is 71.0 Å². The van der Waals surface area contributed by atoms with Crippen molar-refractivity contribution in [3.8, 4) is 0 Å². The van der Waals surface area contributed by atoms with E-state index in [1.165, 1.54) is 17.6 Å². The molecule has 0 aliphatic rings. The van der Waals surface area contributed by atoms with Gasteiger partial charge in [-0.2, -0.15) is 0 Å². The fourth-order valence-corrected chi connectivity index (χ4v) is 0.804. The number of hydrogen-bond acceptors (Lipinski definition) is 0. The topological polar surface area (TPSA) is 0 Å². The molecule has 0 spiro atoms. The molecule has 0 heteroatoms. The highest BCUT2D eigenvalue weighted by Gasteiger charge is 1.83. The number of allylic oxidation sites excluding steroid dienone is 4. The Morgan fingerprint density at radius 3 is 2.09 bits per heavy atom. The molecule has 0 fully saturated rings. The van der Waals surface area contributed by atoms with Gasteiger partial charge >= 0.3 is 0 Å². The molecule has 11 heavy (non-hydrogen) atoms. The van der Waals surface area contributed by atoms with Crippen LogP contribution in [0.25, 0.3) is 0 Å². The van der Waals surface area contributed by atoms with Crippen LogP contribution in [0.1, 0.15) is 40.0 Å². The Balaban J connectivity index is 3.49. The number of hydrogen-bond donors (Lipinski definition) is 0. The van der Waals surface area contributed by atoms with Crippen molar-refractivity contribution in [1.29, 1.82) is 0 Å². The molecule has 0 unspecified atom stereocenters. The zero-order valence-electron chi connectivity index (χ0n) is 7.98. The summed E-state index contributed by atoms with van der Waals surface area (Å²) in [6.45, 7) is 10.2. The van der Waals surface area contributed by atoms with Crippen LogP contribution in [0.3, 0.4) is 0 Å². The number of unbranched alkanes of at least 4 members (excludes halogenated alkanes) is 1. The third-order valence-corrected chi connectivity index (χ3v) is 1.61. The van der Waals surface area contributed by atoms with Gasteiger partial charge in [-0.05, 0) is 47.0 Å². The van der Waals surface area contributed by atoms with Crippen LogP contribution in [-0.4, -0.2) is 0 Å². The molecule has 63 valence electrons. The van der Waals surface area contributed by atoms with Crippen molar-refractivity contribution in [2.24, 2.45) is 0 Å². The average Bonchev–Trinajstić information content (AvgIpc) is 1.97. The van der Waals surface area contributed by atoms with Gasteiger partial charge in [0.05, 0.1) is 0 Å². The highest BCUT2D eigenvalue weighted by Crippen LogP contribution is 2.03.